The Morgan fingerprint density at radius 1 is 1.12 bits per heavy atom. The lowest BCUT2D eigenvalue weighted by Gasteiger charge is -2.13. The monoisotopic (exact) mass is 466 g/mol. The van der Waals surface area contributed by atoms with Crippen LogP contribution in [0.25, 0.3) is 21.8 Å². The standard InChI is InChI=1S/C24H19FN2O5S/c1-13-5-4-6-16(9-13)33(30,31)27-19-8-7-15(25)11-17(19)21-20-14(12-26(2)23(20)28)10-18(22(21)27)24(29)32-3/h4-11H,12H2,1-3H3. The van der Waals surface area contributed by atoms with Gasteiger partial charge in [0.05, 0.1) is 34.2 Å². The van der Waals surface area contributed by atoms with Gasteiger partial charge in [0.1, 0.15) is 5.82 Å². The van der Waals surface area contributed by atoms with Crippen molar-refractivity contribution in [3.05, 3.63) is 76.6 Å². The van der Waals surface area contributed by atoms with Gasteiger partial charge in [-0.15, -0.1) is 0 Å². The Morgan fingerprint density at radius 2 is 1.88 bits per heavy atom. The number of amides is 1. The zero-order chi connectivity index (χ0) is 23.7. The normalized spacial score (nSPS) is 13.7. The second kappa shape index (κ2) is 7.14. The lowest BCUT2D eigenvalue weighted by molar-refractivity contribution is 0.0602. The molecule has 7 nitrogen and oxygen atoms in total. The molecule has 1 aliphatic heterocycles. The van der Waals surface area contributed by atoms with Crippen molar-refractivity contribution in [3.8, 4) is 0 Å². The number of nitrogens with zero attached hydrogens (tertiary/aromatic N) is 2. The fraction of sp³-hybridized carbons (Fsp3) is 0.167. The highest BCUT2D eigenvalue weighted by atomic mass is 32.2. The summed E-state index contributed by atoms with van der Waals surface area (Å²) in [7, 11) is -1.43. The number of hydrogen-bond acceptors (Lipinski definition) is 5. The van der Waals surface area contributed by atoms with E-state index in [0.717, 1.165) is 15.6 Å². The molecule has 0 radical (unpaired) electrons. The first-order chi connectivity index (χ1) is 15.6. The predicted octanol–water partition coefficient (Wildman–Crippen LogP) is 3.85. The van der Waals surface area contributed by atoms with Crippen molar-refractivity contribution >= 4 is 43.7 Å². The molecule has 1 aliphatic rings. The van der Waals surface area contributed by atoms with Gasteiger partial charge < -0.3 is 9.64 Å². The summed E-state index contributed by atoms with van der Waals surface area (Å²) >= 11 is 0. The van der Waals surface area contributed by atoms with E-state index in [0.29, 0.717) is 5.56 Å². The highest BCUT2D eigenvalue weighted by Gasteiger charge is 2.35. The summed E-state index contributed by atoms with van der Waals surface area (Å²) in [6.45, 7) is 2.00. The zero-order valence-corrected chi connectivity index (χ0v) is 18.9. The number of carbonyl (C=O) groups is 2. The number of rotatable bonds is 3. The Labute approximate surface area is 189 Å². The molecule has 1 amide bonds. The van der Waals surface area contributed by atoms with Crippen LogP contribution in [-0.2, 0) is 21.3 Å². The first kappa shape index (κ1) is 21.1. The van der Waals surface area contributed by atoms with Gasteiger partial charge in [-0.25, -0.2) is 21.6 Å². The average Bonchev–Trinajstić information content (AvgIpc) is 3.26. The van der Waals surface area contributed by atoms with Crippen molar-refractivity contribution in [1.82, 2.24) is 8.87 Å². The number of halogens is 1. The molecule has 0 bridgehead atoms. The van der Waals surface area contributed by atoms with Crippen molar-refractivity contribution in [3.63, 3.8) is 0 Å². The summed E-state index contributed by atoms with van der Waals surface area (Å²) in [5, 5.41) is 0.444. The number of aromatic nitrogens is 1. The molecule has 1 aromatic heterocycles. The van der Waals surface area contributed by atoms with Crippen LogP contribution in [0.1, 0.15) is 31.8 Å². The second-order valence-corrected chi connectivity index (χ2v) is 9.87. The van der Waals surface area contributed by atoms with Crippen LogP contribution in [0.3, 0.4) is 0 Å². The van der Waals surface area contributed by atoms with E-state index < -0.39 is 21.8 Å². The molecular weight excluding hydrogens is 447 g/mol. The van der Waals surface area contributed by atoms with Crippen LogP contribution in [-0.4, -0.2) is 43.3 Å². The third-order valence-corrected chi connectivity index (χ3v) is 7.64. The van der Waals surface area contributed by atoms with Crippen LogP contribution in [0.4, 0.5) is 4.39 Å². The highest BCUT2D eigenvalue weighted by molar-refractivity contribution is 7.90. The van der Waals surface area contributed by atoms with E-state index in [9.17, 15) is 22.4 Å². The Bertz CT molecular complexity index is 1620. The van der Waals surface area contributed by atoms with Gasteiger partial charge in [0, 0.05) is 24.4 Å². The molecule has 168 valence electrons. The molecule has 33 heavy (non-hydrogen) atoms. The maximum absolute atomic E-state index is 14.4. The number of fused-ring (bicyclic) bond motifs is 5. The zero-order valence-electron chi connectivity index (χ0n) is 18.0. The van der Waals surface area contributed by atoms with Gasteiger partial charge in [0.2, 0.25) is 0 Å². The molecule has 0 fully saturated rings. The van der Waals surface area contributed by atoms with Gasteiger partial charge in [-0.05, 0) is 54.4 Å². The van der Waals surface area contributed by atoms with Crippen molar-refractivity contribution in [2.45, 2.75) is 18.4 Å². The average molecular weight is 466 g/mol. The van der Waals surface area contributed by atoms with Crippen LogP contribution < -0.4 is 0 Å². The van der Waals surface area contributed by atoms with Crippen molar-refractivity contribution in [1.29, 1.82) is 0 Å². The van der Waals surface area contributed by atoms with Gasteiger partial charge >= 0.3 is 5.97 Å². The van der Waals surface area contributed by atoms with Gasteiger partial charge in [-0.2, -0.15) is 0 Å². The Hall–Kier alpha value is -3.72. The molecule has 3 aromatic carbocycles. The van der Waals surface area contributed by atoms with Crippen LogP contribution >= 0.6 is 0 Å². The molecule has 0 unspecified atom stereocenters. The maximum Gasteiger partial charge on any atom is 0.340 e. The van der Waals surface area contributed by atoms with Gasteiger partial charge in [-0.1, -0.05) is 12.1 Å². The molecule has 9 heteroatoms. The SMILES string of the molecule is COC(=O)c1cc2c(c3c4cc(F)ccc4n(S(=O)(=O)c4cccc(C)c4)c13)C(=O)N(C)C2. The van der Waals surface area contributed by atoms with Gasteiger partial charge in [-0.3, -0.25) is 4.79 Å². The van der Waals surface area contributed by atoms with Crippen LogP contribution in [0.2, 0.25) is 0 Å². The molecule has 0 aliphatic carbocycles. The van der Waals surface area contributed by atoms with E-state index in [4.69, 9.17) is 4.74 Å². The van der Waals surface area contributed by atoms with E-state index in [1.54, 1.807) is 26.1 Å². The van der Waals surface area contributed by atoms with Crippen molar-refractivity contribution in [2.24, 2.45) is 0 Å². The number of benzene rings is 3. The number of esters is 1. The molecule has 0 N–H and O–H groups in total. The highest BCUT2D eigenvalue weighted by Crippen LogP contribution is 2.41. The fourth-order valence-electron chi connectivity index (χ4n) is 4.49. The maximum atomic E-state index is 14.4. The summed E-state index contributed by atoms with van der Waals surface area (Å²) < 4.78 is 48.1. The second-order valence-electron chi connectivity index (χ2n) is 8.08. The largest absolute Gasteiger partial charge is 0.465 e. The minimum absolute atomic E-state index is 0.00499. The number of hydrogen-bond donors (Lipinski definition) is 0. The quantitative estimate of drug-likeness (QED) is 0.428. The van der Waals surface area contributed by atoms with Crippen LogP contribution in [0, 0.1) is 12.7 Å². The topological polar surface area (TPSA) is 85.7 Å². The van der Waals surface area contributed by atoms with E-state index >= 15 is 0 Å². The number of aryl methyl sites for hydroxylation is 1. The lowest BCUT2D eigenvalue weighted by Crippen LogP contribution is -2.17. The number of methoxy groups -OCH3 is 1. The van der Waals surface area contributed by atoms with Crippen LogP contribution in [0.15, 0.2) is 53.4 Å². The molecule has 4 aromatic rings. The van der Waals surface area contributed by atoms with Gasteiger partial charge in [0.25, 0.3) is 15.9 Å². The summed E-state index contributed by atoms with van der Waals surface area (Å²) in [6.07, 6.45) is 0. The van der Waals surface area contributed by atoms with Crippen molar-refractivity contribution < 1.29 is 27.1 Å². The predicted molar refractivity (Wildman–Crippen MR) is 120 cm³/mol. The smallest absolute Gasteiger partial charge is 0.340 e. The minimum atomic E-state index is -4.24. The van der Waals surface area contributed by atoms with E-state index in [1.165, 1.54) is 42.3 Å². The van der Waals surface area contributed by atoms with Crippen molar-refractivity contribution in [2.75, 3.05) is 14.2 Å². The third kappa shape index (κ3) is 2.96. The summed E-state index contributed by atoms with van der Waals surface area (Å²) in [6, 6.07) is 11.5. The summed E-state index contributed by atoms with van der Waals surface area (Å²) in [4.78, 5) is 27.3. The Balaban J connectivity index is 2.05. The minimum Gasteiger partial charge on any atom is -0.465 e. The number of carbonyl (C=O) groups excluding carboxylic acids is 2. The molecule has 0 atom stereocenters. The third-order valence-electron chi connectivity index (χ3n) is 5.93. The summed E-state index contributed by atoms with van der Waals surface area (Å²) in [5.41, 5.74) is 1.68. The molecule has 0 saturated heterocycles. The molecule has 0 saturated carbocycles. The van der Waals surface area contributed by atoms with E-state index in [1.807, 2.05) is 0 Å². The molecule has 2 heterocycles. The first-order valence-electron chi connectivity index (χ1n) is 10.1. The fourth-order valence-corrected chi connectivity index (χ4v) is 6.14. The Kier molecular flexibility index (Phi) is 4.58. The van der Waals surface area contributed by atoms with Gasteiger partial charge in [0.15, 0.2) is 0 Å². The molecule has 5 rings (SSSR count). The Morgan fingerprint density at radius 3 is 2.58 bits per heavy atom. The lowest BCUT2D eigenvalue weighted by atomic mass is 9.98. The van der Waals surface area contributed by atoms with Crippen LogP contribution in [0.5, 0.6) is 0 Å². The number of ether oxygens (including phenoxy) is 1. The first-order valence-corrected chi connectivity index (χ1v) is 11.5. The molecule has 0 spiro atoms. The summed E-state index contributed by atoms with van der Waals surface area (Å²) in [5.74, 6) is -1.68. The van der Waals surface area contributed by atoms with E-state index in [-0.39, 0.29) is 50.3 Å². The van der Waals surface area contributed by atoms with E-state index in [2.05, 4.69) is 0 Å². The molecular formula is C24H19FN2O5S.